The second-order valence-corrected chi connectivity index (χ2v) is 8.52. The molecule has 5 rings (SSSR count). The zero-order chi connectivity index (χ0) is 22.0. The maximum atomic E-state index is 13.0. The van der Waals surface area contributed by atoms with E-state index in [4.69, 9.17) is 17.0 Å². The van der Waals surface area contributed by atoms with Crippen LogP contribution in [0.3, 0.4) is 0 Å². The number of piperazine rings is 1. The first-order chi connectivity index (χ1) is 15.7. The van der Waals surface area contributed by atoms with Gasteiger partial charge in [-0.25, -0.2) is 4.79 Å². The largest absolute Gasteiger partial charge is 0.431 e. The van der Waals surface area contributed by atoms with E-state index >= 15 is 0 Å². The summed E-state index contributed by atoms with van der Waals surface area (Å²) in [6, 6.07) is 30.1. The zero-order valence-corrected chi connectivity index (χ0v) is 18.5. The standard InChI is InChI=1S/C26H25N3O2S/c30-25-29-17-16-28(24(32)27-18-20-10-4-1-5-11-20)19-23(29)26(31-25,21-12-6-2-7-13-21)22-14-8-3-9-15-22/h1-15,23H,16-19H2,(H,27,32). The number of rotatable bonds is 4. The van der Waals surface area contributed by atoms with Gasteiger partial charge in [0.1, 0.15) is 6.04 Å². The average molecular weight is 444 g/mol. The molecule has 0 radical (unpaired) electrons. The van der Waals surface area contributed by atoms with Crippen molar-refractivity contribution in [2.75, 3.05) is 19.6 Å². The number of ether oxygens (including phenoxy) is 1. The Bertz CT molecular complexity index is 1050. The fourth-order valence-corrected chi connectivity index (χ4v) is 4.96. The van der Waals surface area contributed by atoms with Crippen molar-refractivity contribution in [1.82, 2.24) is 15.1 Å². The number of nitrogens with one attached hydrogen (secondary N) is 1. The topological polar surface area (TPSA) is 44.8 Å². The summed E-state index contributed by atoms with van der Waals surface area (Å²) < 4.78 is 6.22. The van der Waals surface area contributed by atoms with Crippen molar-refractivity contribution in [2.24, 2.45) is 0 Å². The number of hydrogen-bond donors (Lipinski definition) is 1. The Kier molecular flexibility index (Phi) is 5.53. The van der Waals surface area contributed by atoms with Gasteiger partial charge in [-0.1, -0.05) is 91.0 Å². The molecule has 0 bridgehead atoms. The second-order valence-electron chi connectivity index (χ2n) is 8.14. The van der Waals surface area contributed by atoms with E-state index in [9.17, 15) is 4.79 Å². The van der Waals surface area contributed by atoms with Crippen molar-refractivity contribution in [2.45, 2.75) is 18.2 Å². The number of hydrogen-bond acceptors (Lipinski definition) is 3. The molecule has 32 heavy (non-hydrogen) atoms. The van der Waals surface area contributed by atoms with E-state index in [0.29, 0.717) is 31.3 Å². The highest BCUT2D eigenvalue weighted by Crippen LogP contribution is 2.45. The van der Waals surface area contributed by atoms with Gasteiger partial charge in [0, 0.05) is 37.3 Å². The van der Waals surface area contributed by atoms with Crippen molar-refractivity contribution >= 4 is 23.4 Å². The first-order valence-corrected chi connectivity index (χ1v) is 11.3. The molecule has 6 heteroatoms. The van der Waals surface area contributed by atoms with E-state index in [1.807, 2.05) is 83.8 Å². The molecule has 2 aliphatic rings. The van der Waals surface area contributed by atoms with Crippen LogP contribution in [0.5, 0.6) is 0 Å². The lowest BCUT2D eigenvalue weighted by atomic mass is 9.79. The molecule has 0 aromatic heterocycles. The summed E-state index contributed by atoms with van der Waals surface area (Å²) in [4.78, 5) is 17.0. The number of cyclic esters (lactones) is 1. The Morgan fingerprint density at radius 1 is 0.906 bits per heavy atom. The van der Waals surface area contributed by atoms with Crippen LogP contribution in [-0.4, -0.2) is 46.7 Å². The molecule has 2 heterocycles. The van der Waals surface area contributed by atoms with Gasteiger partial charge < -0.3 is 15.0 Å². The summed E-state index contributed by atoms with van der Waals surface area (Å²) in [6.45, 7) is 2.50. The van der Waals surface area contributed by atoms with Crippen molar-refractivity contribution in [3.05, 3.63) is 108 Å². The molecule has 0 saturated carbocycles. The van der Waals surface area contributed by atoms with E-state index in [0.717, 1.165) is 11.1 Å². The van der Waals surface area contributed by atoms with Gasteiger partial charge in [0.2, 0.25) is 0 Å². The van der Waals surface area contributed by atoms with Crippen molar-refractivity contribution in [1.29, 1.82) is 0 Å². The number of carbonyl (C=O) groups is 1. The average Bonchev–Trinajstić information content (AvgIpc) is 3.17. The molecule has 3 aromatic rings. The van der Waals surface area contributed by atoms with Crippen LogP contribution in [0.2, 0.25) is 0 Å². The maximum Gasteiger partial charge on any atom is 0.411 e. The normalized spacial score (nSPS) is 19.2. The van der Waals surface area contributed by atoms with Gasteiger partial charge in [-0.05, 0) is 17.8 Å². The predicted octanol–water partition coefficient (Wildman–Crippen LogP) is 4.14. The number of thiocarbonyl (C=S) groups is 1. The highest BCUT2D eigenvalue weighted by Gasteiger charge is 2.58. The maximum absolute atomic E-state index is 13.0. The number of carbonyl (C=O) groups excluding carboxylic acids is 1. The van der Waals surface area contributed by atoms with E-state index < -0.39 is 5.60 Å². The van der Waals surface area contributed by atoms with Crippen LogP contribution >= 0.6 is 12.2 Å². The summed E-state index contributed by atoms with van der Waals surface area (Å²) in [6.07, 6.45) is -0.273. The third kappa shape index (κ3) is 3.60. The summed E-state index contributed by atoms with van der Waals surface area (Å²) in [5.74, 6) is 0. The molecule has 1 atom stereocenters. The Balaban J connectivity index is 1.45. The van der Waals surface area contributed by atoms with Gasteiger partial charge in [-0.3, -0.25) is 4.90 Å². The summed E-state index contributed by atoms with van der Waals surface area (Å²) in [7, 11) is 0. The highest BCUT2D eigenvalue weighted by molar-refractivity contribution is 7.80. The number of amides is 1. The lowest BCUT2D eigenvalue weighted by Gasteiger charge is -2.43. The summed E-state index contributed by atoms with van der Waals surface area (Å²) >= 11 is 5.74. The zero-order valence-electron chi connectivity index (χ0n) is 17.7. The van der Waals surface area contributed by atoms with Crippen LogP contribution < -0.4 is 5.32 Å². The molecule has 2 fully saturated rings. The highest BCUT2D eigenvalue weighted by atomic mass is 32.1. The molecule has 1 amide bonds. The minimum Gasteiger partial charge on any atom is -0.431 e. The van der Waals surface area contributed by atoms with E-state index in [1.165, 1.54) is 5.56 Å². The molecule has 0 spiro atoms. The van der Waals surface area contributed by atoms with Crippen LogP contribution in [0.15, 0.2) is 91.0 Å². The molecule has 162 valence electrons. The van der Waals surface area contributed by atoms with Gasteiger partial charge in [0.05, 0.1) is 0 Å². The smallest absolute Gasteiger partial charge is 0.411 e. The van der Waals surface area contributed by atoms with Gasteiger partial charge >= 0.3 is 6.09 Å². The van der Waals surface area contributed by atoms with Gasteiger partial charge in [-0.15, -0.1) is 0 Å². The monoisotopic (exact) mass is 443 g/mol. The lowest BCUT2D eigenvalue weighted by molar-refractivity contribution is 0.0562. The predicted molar refractivity (Wildman–Crippen MR) is 128 cm³/mol. The van der Waals surface area contributed by atoms with Crippen LogP contribution in [0.25, 0.3) is 0 Å². The number of nitrogens with zero attached hydrogens (tertiary/aromatic N) is 2. The lowest BCUT2D eigenvalue weighted by Crippen LogP contribution is -2.59. The van der Waals surface area contributed by atoms with Crippen LogP contribution in [0.1, 0.15) is 16.7 Å². The Labute approximate surface area is 193 Å². The van der Waals surface area contributed by atoms with Gasteiger partial charge in [0.25, 0.3) is 0 Å². The quantitative estimate of drug-likeness (QED) is 0.614. The summed E-state index contributed by atoms with van der Waals surface area (Å²) in [5, 5.41) is 4.08. The van der Waals surface area contributed by atoms with E-state index in [1.54, 1.807) is 0 Å². The Morgan fingerprint density at radius 3 is 2.06 bits per heavy atom. The SMILES string of the molecule is O=C1OC(c2ccccc2)(c2ccccc2)C2CN(C(=S)NCc3ccccc3)CCN12. The first kappa shape index (κ1) is 20.5. The van der Waals surface area contributed by atoms with Crippen molar-refractivity contribution in [3.8, 4) is 0 Å². The molecular formula is C26H25N3O2S. The Morgan fingerprint density at radius 2 is 1.47 bits per heavy atom. The van der Waals surface area contributed by atoms with Crippen LogP contribution in [0.4, 0.5) is 4.79 Å². The van der Waals surface area contributed by atoms with E-state index in [-0.39, 0.29) is 12.1 Å². The minimum atomic E-state index is -0.882. The summed E-state index contributed by atoms with van der Waals surface area (Å²) in [5.41, 5.74) is 2.23. The fraction of sp³-hybridized carbons (Fsp3) is 0.231. The second kappa shape index (κ2) is 8.63. The van der Waals surface area contributed by atoms with Crippen molar-refractivity contribution in [3.63, 3.8) is 0 Å². The molecule has 3 aromatic carbocycles. The van der Waals surface area contributed by atoms with Gasteiger partial charge in [0.15, 0.2) is 10.7 Å². The number of benzene rings is 3. The van der Waals surface area contributed by atoms with Crippen molar-refractivity contribution < 1.29 is 9.53 Å². The molecule has 1 N–H and O–H groups in total. The third-order valence-corrected chi connectivity index (χ3v) is 6.71. The molecule has 2 aliphatic heterocycles. The van der Waals surface area contributed by atoms with E-state index in [2.05, 4.69) is 22.3 Å². The first-order valence-electron chi connectivity index (χ1n) is 10.9. The number of fused-ring (bicyclic) bond motifs is 1. The van der Waals surface area contributed by atoms with Crippen LogP contribution in [-0.2, 0) is 16.9 Å². The molecular weight excluding hydrogens is 418 g/mol. The van der Waals surface area contributed by atoms with Gasteiger partial charge in [-0.2, -0.15) is 0 Å². The minimum absolute atomic E-state index is 0.190. The molecule has 2 saturated heterocycles. The molecule has 0 aliphatic carbocycles. The fourth-order valence-electron chi connectivity index (χ4n) is 4.72. The third-order valence-electron chi connectivity index (χ3n) is 6.31. The van der Waals surface area contributed by atoms with Crippen LogP contribution in [0, 0.1) is 0 Å². The molecule has 5 nitrogen and oxygen atoms in total. The molecule has 1 unspecified atom stereocenters. The Hall–Kier alpha value is -3.38.